The van der Waals surface area contributed by atoms with Crippen LogP contribution in [0.4, 0.5) is 44.3 Å². The van der Waals surface area contributed by atoms with Crippen molar-refractivity contribution in [2.45, 2.75) is 105 Å². The molecule has 42 heteroatoms. The molecule has 6 aliphatic rings. The van der Waals surface area contributed by atoms with E-state index in [2.05, 4.69) is 61.8 Å². The molecule has 3 N–H and O–H groups in total. The standard InChI is InChI=1S/C22H23F3N4O3S.C18H14F3N3O3S.C18H14F3N3O2S.C16H19N3O2.C11H11N3.C6H3ClN2.ClH/c23-22(24,25)32-17-6-8-18(9-7-17)33(30,31)29-12-10-16(11-13-29)19-2-1-3-20(28-19)21(26)27-14-15-4-5-15;19-18(20,21)27-15-4-6-16(7-5-15)28(25,26)24-10-8-13(9-11-24)17-3-1-2-14(12-22)23-17;19-18(20,21)14-3-1-5-16(11-14)27(25,26)24-9-7-13(8-10-24)17-6-2-4-15(12-22)23-17;1-16(2,3)21-15(20)19-9-7-12(8-10-19)14-6-4-5-13(11-17)18-14;12-8-10-2-1-3-11(14-10)9-4-6-13-7-5-9;7-6-3-1-2-5(4-8)9-6;/h1-3,6-10,15H,4-5,11-14H2,(H2,26,27);1-8H,9-11H2;1-7,11H,8-10H2;4-7H,8-10H2,1-3H3;1-4,13H,5-7H2;1-3H;1H. The third-order valence-corrected chi connectivity index (χ3v) is 25.6. The Hall–Kier alpha value is -13.3. The van der Waals surface area contributed by atoms with Gasteiger partial charge in [-0.2, -0.15) is 52.4 Å². The Morgan fingerprint density at radius 2 is 0.827 bits per heavy atom. The van der Waals surface area contributed by atoms with E-state index in [0.717, 1.165) is 124 Å². The maximum Gasteiger partial charge on any atom is 0.573 e. The fourth-order valence-corrected chi connectivity index (χ4v) is 17.4. The zero-order chi connectivity index (χ0) is 95.6. The number of carbonyl (C=O) groups is 1. The van der Waals surface area contributed by atoms with Gasteiger partial charge in [-0.25, -0.2) is 60.0 Å². The second-order valence-corrected chi connectivity index (χ2v) is 36.5. The summed E-state index contributed by atoms with van der Waals surface area (Å²) in [6, 6.07) is 53.2. The summed E-state index contributed by atoms with van der Waals surface area (Å²) >= 11 is 5.46. The monoisotopic (exact) mass is 1930 g/mol. The molecule has 0 saturated heterocycles. The highest BCUT2D eigenvalue weighted by Gasteiger charge is 2.37. The summed E-state index contributed by atoms with van der Waals surface area (Å²) in [5.74, 6) is 0.0419. The highest BCUT2D eigenvalue weighted by atomic mass is 35.5. The van der Waals surface area contributed by atoms with Crippen molar-refractivity contribution in [1.82, 2.24) is 53.0 Å². The van der Waals surface area contributed by atoms with Crippen LogP contribution >= 0.6 is 24.0 Å². The number of pyridine rings is 6. The molecule has 11 heterocycles. The zero-order valence-corrected chi connectivity index (χ0v) is 75.3. The molecular weight excluding hydrogens is 1840 g/mol. The molecule has 6 aromatic heterocycles. The first kappa shape index (κ1) is 103. The molecule has 1 aliphatic carbocycles. The third-order valence-electron chi connectivity index (χ3n) is 19.8. The van der Waals surface area contributed by atoms with Gasteiger partial charge in [-0.3, -0.25) is 4.99 Å². The molecule has 0 bridgehead atoms. The summed E-state index contributed by atoms with van der Waals surface area (Å²) in [6.45, 7) is 10.0. The number of nitriles is 5. The minimum Gasteiger partial charge on any atom is -0.444 e. The smallest absolute Gasteiger partial charge is 0.444 e. The lowest BCUT2D eigenvalue weighted by Crippen LogP contribution is -2.39. The number of ether oxygens (including phenoxy) is 3. The third kappa shape index (κ3) is 31.2. The molecular formula is C91H85Cl2F9N18O10S3. The van der Waals surface area contributed by atoms with Crippen molar-refractivity contribution in [3.05, 3.63) is 286 Å². The Labute approximate surface area is 773 Å². The first-order valence-corrected chi connectivity index (χ1v) is 45.2. The van der Waals surface area contributed by atoms with Crippen LogP contribution in [0.25, 0.3) is 27.9 Å². The van der Waals surface area contributed by atoms with Crippen molar-refractivity contribution in [2.75, 3.05) is 72.0 Å². The lowest BCUT2D eigenvalue weighted by molar-refractivity contribution is -0.275. The van der Waals surface area contributed by atoms with Crippen LogP contribution in [0, 0.1) is 62.6 Å². The highest BCUT2D eigenvalue weighted by molar-refractivity contribution is 7.89. The molecule has 1 saturated carbocycles. The van der Waals surface area contributed by atoms with E-state index in [0.29, 0.717) is 108 Å². The number of nitrogens with one attached hydrogen (secondary N) is 1. The number of aromatic nitrogens is 6. The average Bonchev–Trinajstić information content (AvgIpc) is 1.27. The van der Waals surface area contributed by atoms with Crippen LogP contribution in [0.3, 0.4) is 0 Å². The molecule has 3 aromatic carbocycles. The van der Waals surface area contributed by atoms with E-state index >= 15 is 0 Å². The molecule has 28 nitrogen and oxygen atoms in total. The summed E-state index contributed by atoms with van der Waals surface area (Å²) in [7, 11) is -11.8. The summed E-state index contributed by atoms with van der Waals surface area (Å²) < 4.78 is 205. The Morgan fingerprint density at radius 1 is 0.466 bits per heavy atom. The van der Waals surface area contributed by atoms with Gasteiger partial charge in [-0.15, -0.1) is 38.7 Å². The Bertz CT molecular complexity index is 6440. The molecule has 1 fully saturated rings. The van der Waals surface area contributed by atoms with E-state index in [1.807, 2.05) is 87.5 Å². The maximum atomic E-state index is 12.9. The molecule has 0 radical (unpaired) electrons. The van der Waals surface area contributed by atoms with Crippen molar-refractivity contribution in [1.29, 1.82) is 26.3 Å². The van der Waals surface area contributed by atoms with E-state index in [4.69, 9.17) is 48.4 Å². The lowest BCUT2D eigenvalue weighted by atomic mass is 10.0. The number of amidine groups is 1. The Morgan fingerprint density at radius 3 is 1.16 bits per heavy atom. The molecule has 5 aliphatic heterocycles. The molecule has 0 unspecified atom stereocenters. The quantitative estimate of drug-likeness (QED) is 0.0392. The van der Waals surface area contributed by atoms with Gasteiger partial charge in [0.2, 0.25) is 30.1 Å². The molecule has 15 rings (SSSR count). The topological polar surface area (TPSA) is 407 Å². The number of nitrogens with two attached hydrogens (primary N) is 1. The first-order chi connectivity index (χ1) is 62.6. The fourth-order valence-electron chi connectivity index (χ4n) is 13.0. The van der Waals surface area contributed by atoms with Gasteiger partial charge >= 0.3 is 25.0 Å². The van der Waals surface area contributed by atoms with Crippen molar-refractivity contribution in [3.63, 3.8) is 0 Å². The van der Waals surface area contributed by atoms with Crippen LogP contribution in [0.5, 0.6) is 11.5 Å². The summed E-state index contributed by atoms with van der Waals surface area (Å²) in [6.07, 6.45) is -0.0827. The highest BCUT2D eigenvalue weighted by Crippen LogP contribution is 2.36. The number of aliphatic imine (C=N–C) groups is 1. The van der Waals surface area contributed by atoms with Crippen LogP contribution in [-0.4, -0.2) is 175 Å². The van der Waals surface area contributed by atoms with Gasteiger partial charge < -0.3 is 30.2 Å². The van der Waals surface area contributed by atoms with E-state index in [1.165, 1.54) is 27.0 Å². The van der Waals surface area contributed by atoms with Gasteiger partial charge in [-0.05, 0) is 246 Å². The van der Waals surface area contributed by atoms with Crippen LogP contribution < -0.4 is 20.5 Å². The Balaban J connectivity index is 0.000000185. The van der Waals surface area contributed by atoms with Crippen molar-refractivity contribution in [3.8, 4) is 41.8 Å². The Kier molecular flexibility index (Phi) is 36.3. The average molecular weight is 1930 g/mol. The van der Waals surface area contributed by atoms with E-state index < -0.39 is 76.5 Å². The predicted octanol–water partition coefficient (Wildman–Crippen LogP) is 16.7. The molecule has 9 aromatic rings. The number of hydrogen-bond donors (Lipinski definition) is 2. The summed E-state index contributed by atoms with van der Waals surface area (Å²) in [5, 5.41) is 47.3. The van der Waals surface area contributed by atoms with E-state index in [-0.39, 0.29) is 78.9 Å². The second kappa shape index (κ2) is 46.7. The fraction of sp³-hybridized carbons (Fsp3) is 0.286. The lowest BCUT2D eigenvalue weighted by Gasteiger charge is -2.29. The number of hydrogen-bond acceptors (Lipinski definition) is 23. The second-order valence-electron chi connectivity index (χ2n) is 30.3. The minimum atomic E-state index is -4.84. The normalized spacial score (nSPS) is 15.6. The number of benzene rings is 3. The van der Waals surface area contributed by atoms with Crippen molar-refractivity contribution in [2.24, 2.45) is 16.6 Å². The predicted molar refractivity (Wildman–Crippen MR) is 477 cm³/mol. The number of halogens is 11. The van der Waals surface area contributed by atoms with E-state index in [1.54, 1.807) is 95.9 Å². The van der Waals surface area contributed by atoms with Gasteiger partial charge in [0.25, 0.3) is 0 Å². The first-order valence-electron chi connectivity index (χ1n) is 40.5. The van der Waals surface area contributed by atoms with Gasteiger partial charge in [0.1, 0.15) is 92.6 Å². The van der Waals surface area contributed by atoms with E-state index in [9.17, 15) is 69.6 Å². The largest absolute Gasteiger partial charge is 0.573 e. The van der Waals surface area contributed by atoms with Crippen LogP contribution in [0.15, 0.2) is 232 Å². The maximum absolute atomic E-state index is 12.9. The van der Waals surface area contributed by atoms with Crippen LogP contribution in [0.2, 0.25) is 5.15 Å². The van der Waals surface area contributed by atoms with Crippen LogP contribution in [0.1, 0.15) is 134 Å². The molecule has 1 amide bonds. The van der Waals surface area contributed by atoms with Gasteiger partial charge in [0.15, 0.2) is 0 Å². The van der Waals surface area contributed by atoms with Gasteiger partial charge in [-0.1, -0.05) is 84.4 Å². The number of amides is 1. The summed E-state index contributed by atoms with van der Waals surface area (Å²) in [4.78, 5) is 42.6. The summed E-state index contributed by atoms with van der Waals surface area (Å²) in [5.41, 5.74) is 15.4. The number of alkyl halides is 9. The number of carbonyl (C=O) groups excluding carboxylic acids is 1. The van der Waals surface area contributed by atoms with Gasteiger partial charge in [0, 0.05) is 65.4 Å². The van der Waals surface area contributed by atoms with Gasteiger partial charge in [0.05, 0.1) is 48.7 Å². The number of sulfonamides is 3. The van der Waals surface area contributed by atoms with Crippen molar-refractivity contribution >= 4 is 93.9 Å². The number of rotatable bonds is 16. The minimum absolute atomic E-state index is 0. The zero-order valence-electron chi connectivity index (χ0n) is 71.2. The molecule has 133 heavy (non-hydrogen) atoms. The molecule has 0 atom stereocenters. The SMILES string of the molecule is CC(C)(C)OC(=O)N1CC=C(c2cccc(C#N)n2)CC1.Cl.N#Cc1cccc(C2=CCN(S(=O)(=O)c3ccc(OC(F)(F)F)cc3)CC2)n1.N#Cc1cccc(C2=CCN(S(=O)(=O)c3cccc(C(F)(F)F)c3)CC2)n1.N#Cc1cccc(C2=CCNCC2)n1.N#Cc1cccc(Cl)n1.NC(=NCC1CC1)c1cccc(C2=CCN(S(=O)(=O)c3ccc(OC(F)(F)F)cc3)CC2)n1. The number of nitrogens with zero attached hydrogens (tertiary/aromatic N) is 16. The molecule has 0 spiro atoms. The van der Waals surface area contributed by atoms with Crippen LogP contribution in [-0.2, 0) is 41.0 Å². The molecule has 694 valence electrons. The van der Waals surface area contributed by atoms with Crippen molar-refractivity contribution < 1.29 is 83.8 Å².